The van der Waals surface area contributed by atoms with Gasteiger partial charge in [0.15, 0.2) is 0 Å². The fourth-order valence-electron chi connectivity index (χ4n) is 4.44. The topological polar surface area (TPSA) is 6.48 Å². The molecule has 1 unspecified atom stereocenters. The number of halogens is 3. The van der Waals surface area contributed by atoms with Crippen LogP contribution < -0.4 is 4.90 Å². The number of benzene rings is 2. The number of piperidine rings is 1. The molecule has 0 bridgehead atoms. The van der Waals surface area contributed by atoms with Gasteiger partial charge in [-0.2, -0.15) is 13.2 Å². The number of anilines is 1. The monoisotopic (exact) mass is 420 g/mol. The molecule has 0 aliphatic carbocycles. The minimum Gasteiger partial charge on any atom is -0.368 e. The number of nitrogens with zero attached hydrogens (tertiary/aromatic N) is 2. The fourth-order valence-corrected chi connectivity index (χ4v) is 5.52. The predicted octanol–water partition coefficient (Wildman–Crippen LogP) is 6.15. The van der Waals surface area contributed by atoms with Gasteiger partial charge in [0.05, 0.1) is 11.3 Å². The van der Waals surface area contributed by atoms with E-state index in [0.29, 0.717) is 10.9 Å². The largest absolute Gasteiger partial charge is 0.416 e. The van der Waals surface area contributed by atoms with Gasteiger partial charge in [-0.3, -0.25) is 4.90 Å². The van der Waals surface area contributed by atoms with E-state index in [1.807, 2.05) is 26.0 Å². The molecule has 0 amide bonds. The summed E-state index contributed by atoms with van der Waals surface area (Å²) in [5, 5.41) is 0. The molecule has 0 aromatic heterocycles. The normalized spacial score (nSPS) is 20.6. The van der Waals surface area contributed by atoms with Crippen molar-refractivity contribution in [1.82, 2.24) is 4.90 Å². The minimum absolute atomic E-state index is 0.513. The molecule has 6 heteroatoms. The van der Waals surface area contributed by atoms with Crippen molar-refractivity contribution in [1.29, 1.82) is 0 Å². The Bertz CT molecular complexity index is 881. The van der Waals surface area contributed by atoms with E-state index in [0.717, 1.165) is 47.9 Å². The van der Waals surface area contributed by atoms with E-state index in [1.54, 1.807) is 6.07 Å². The van der Waals surface area contributed by atoms with Crippen LogP contribution >= 0.6 is 11.8 Å². The van der Waals surface area contributed by atoms with Gasteiger partial charge in [0, 0.05) is 35.5 Å². The van der Waals surface area contributed by atoms with Gasteiger partial charge in [-0.15, -0.1) is 0 Å². The summed E-state index contributed by atoms with van der Waals surface area (Å²) in [6, 6.07) is 10.9. The van der Waals surface area contributed by atoms with Crippen molar-refractivity contribution in [2.24, 2.45) is 0 Å². The molecule has 29 heavy (non-hydrogen) atoms. The molecule has 2 heterocycles. The van der Waals surface area contributed by atoms with Crippen LogP contribution in [0.2, 0.25) is 0 Å². The molecule has 1 atom stereocenters. The van der Waals surface area contributed by atoms with Crippen LogP contribution in [0.1, 0.15) is 36.0 Å². The minimum atomic E-state index is -4.34. The van der Waals surface area contributed by atoms with Gasteiger partial charge in [-0.25, -0.2) is 0 Å². The molecule has 2 aliphatic heterocycles. The van der Waals surface area contributed by atoms with Crippen molar-refractivity contribution < 1.29 is 13.2 Å². The van der Waals surface area contributed by atoms with Gasteiger partial charge in [0.2, 0.25) is 0 Å². The molecule has 2 aromatic rings. The van der Waals surface area contributed by atoms with Crippen LogP contribution in [0.15, 0.2) is 46.2 Å². The summed E-state index contributed by atoms with van der Waals surface area (Å²) in [7, 11) is 0. The Morgan fingerprint density at radius 2 is 1.76 bits per heavy atom. The third-order valence-corrected chi connectivity index (χ3v) is 7.24. The van der Waals surface area contributed by atoms with E-state index in [-0.39, 0.29) is 0 Å². The van der Waals surface area contributed by atoms with Gasteiger partial charge in [0.25, 0.3) is 0 Å². The highest BCUT2D eigenvalue weighted by molar-refractivity contribution is 7.99. The summed E-state index contributed by atoms with van der Waals surface area (Å²) in [4.78, 5) is 6.53. The van der Waals surface area contributed by atoms with Crippen LogP contribution in [0.5, 0.6) is 0 Å². The molecule has 0 saturated carbocycles. The third kappa shape index (κ3) is 4.58. The number of alkyl halides is 3. The molecule has 2 aliphatic rings. The number of piperazine rings is 1. The number of hydrogen-bond donors (Lipinski definition) is 0. The first-order chi connectivity index (χ1) is 13.8. The molecule has 0 spiro atoms. The van der Waals surface area contributed by atoms with Crippen molar-refractivity contribution in [2.75, 3.05) is 31.1 Å². The number of rotatable bonds is 3. The molecule has 2 aromatic carbocycles. The third-order valence-electron chi connectivity index (χ3n) is 6.02. The lowest BCUT2D eigenvalue weighted by Gasteiger charge is -2.45. The van der Waals surface area contributed by atoms with E-state index >= 15 is 0 Å². The Labute approximate surface area is 175 Å². The molecule has 2 nitrogen and oxygen atoms in total. The maximum Gasteiger partial charge on any atom is 0.416 e. The summed E-state index contributed by atoms with van der Waals surface area (Å²) in [6.45, 7) is 7.94. The molecule has 0 N–H and O–H groups in total. The van der Waals surface area contributed by atoms with Gasteiger partial charge < -0.3 is 4.90 Å². The van der Waals surface area contributed by atoms with Crippen LogP contribution in [0.4, 0.5) is 18.9 Å². The Kier molecular flexibility index (Phi) is 5.85. The SMILES string of the molecule is Cc1ccc(Sc2cc(C(F)(F)F)ccc2N2CCN3CCCCC3C2)c(C)c1. The summed E-state index contributed by atoms with van der Waals surface area (Å²) in [6.07, 6.45) is -0.661. The lowest BCUT2D eigenvalue weighted by atomic mass is 9.99. The van der Waals surface area contributed by atoms with Gasteiger partial charge in [-0.05, 0) is 63.1 Å². The first-order valence-corrected chi connectivity index (χ1v) is 11.1. The van der Waals surface area contributed by atoms with E-state index in [9.17, 15) is 13.2 Å². The quantitative estimate of drug-likeness (QED) is 0.588. The Morgan fingerprint density at radius 3 is 2.52 bits per heavy atom. The first-order valence-electron chi connectivity index (χ1n) is 10.3. The van der Waals surface area contributed by atoms with E-state index < -0.39 is 11.7 Å². The first kappa shape index (κ1) is 20.6. The highest BCUT2D eigenvalue weighted by Gasteiger charge is 2.33. The van der Waals surface area contributed by atoms with E-state index in [2.05, 4.69) is 15.9 Å². The second-order valence-electron chi connectivity index (χ2n) is 8.18. The average Bonchev–Trinajstić information content (AvgIpc) is 2.69. The number of aryl methyl sites for hydroxylation is 2. The van der Waals surface area contributed by atoms with E-state index in [1.165, 1.54) is 43.2 Å². The standard InChI is InChI=1S/C23H27F3N2S/c1-16-6-9-21(17(2)13-16)29-22-14-18(23(24,25)26)7-8-20(22)28-12-11-27-10-4-3-5-19(27)15-28/h6-9,13-14,19H,3-5,10-12,15H2,1-2H3. The van der Waals surface area contributed by atoms with Crippen molar-refractivity contribution >= 4 is 17.4 Å². The summed E-state index contributed by atoms with van der Waals surface area (Å²) in [5.41, 5.74) is 2.60. The lowest BCUT2D eigenvalue weighted by molar-refractivity contribution is -0.137. The maximum atomic E-state index is 13.4. The van der Waals surface area contributed by atoms with Gasteiger partial charge >= 0.3 is 6.18 Å². The van der Waals surface area contributed by atoms with Crippen LogP contribution in [-0.4, -0.2) is 37.1 Å². The highest BCUT2D eigenvalue weighted by Crippen LogP contribution is 2.42. The van der Waals surface area contributed by atoms with Crippen molar-refractivity contribution in [3.05, 3.63) is 53.1 Å². The Hall–Kier alpha value is -1.66. The van der Waals surface area contributed by atoms with Gasteiger partial charge in [-0.1, -0.05) is 35.9 Å². The van der Waals surface area contributed by atoms with E-state index in [4.69, 9.17) is 0 Å². The maximum absolute atomic E-state index is 13.4. The van der Waals surface area contributed by atoms with Crippen molar-refractivity contribution in [3.8, 4) is 0 Å². The smallest absolute Gasteiger partial charge is 0.368 e. The second kappa shape index (κ2) is 8.23. The zero-order valence-electron chi connectivity index (χ0n) is 16.9. The zero-order valence-corrected chi connectivity index (χ0v) is 17.7. The fraction of sp³-hybridized carbons (Fsp3) is 0.478. The second-order valence-corrected chi connectivity index (χ2v) is 9.27. The Balaban J connectivity index is 1.67. The molecule has 2 fully saturated rings. The molecular formula is C23H27F3N2S. The van der Waals surface area contributed by atoms with Crippen LogP contribution in [0.3, 0.4) is 0 Å². The van der Waals surface area contributed by atoms with Crippen LogP contribution in [-0.2, 0) is 6.18 Å². The van der Waals surface area contributed by atoms with Crippen molar-refractivity contribution in [3.63, 3.8) is 0 Å². The van der Waals surface area contributed by atoms with Gasteiger partial charge in [0.1, 0.15) is 0 Å². The predicted molar refractivity (Wildman–Crippen MR) is 113 cm³/mol. The number of fused-ring (bicyclic) bond motifs is 1. The van der Waals surface area contributed by atoms with Crippen molar-refractivity contribution in [2.45, 2.75) is 55.1 Å². The van der Waals surface area contributed by atoms with Crippen LogP contribution in [0.25, 0.3) is 0 Å². The zero-order chi connectivity index (χ0) is 20.6. The highest BCUT2D eigenvalue weighted by atomic mass is 32.2. The summed E-state index contributed by atoms with van der Waals surface area (Å²) < 4.78 is 40.2. The molecule has 4 rings (SSSR count). The number of hydrogen-bond acceptors (Lipinski definition) is 3. The Morgan fingerprint density at radius 1 is 0.931 bits per heavy atom. The average molecular weight is 421 g/mol. The summed E-state index contributed by atoms with van der Waals surface area (Å²) in [5.74, 6) is 0. The molecule has 2 saturated heterocycles. The lowest BCUT2D eigenvalue weighted by Crippen LogP contribution is -2.55. The van der Waals surface area contributed by atoms with Crippen LogP contribution in [0, 0.1) is 13.8 Å². The summed E-state index contributed by atoms with van der Waals surface area (Å²) >= 11 is 1.45. The molecular weight excluding hydrogens is 393 g/mol. The molecule has 156 valence electrons. The molecule has 0 radical (unpaired) electrons.